The van der Waals surface area contributed by atoms with Crippen LogP contribution in [0, 0.1) is 0 Å². The zero-order valence-electron chi connectivity index (χ0n) is 19.2. The highest BCUT2D eigenvalue weighted by molar-refractivity contribution is 4.53. The lowest BCUT2D eigenvalue weighted by molar-refractivity contribution is -0.0321. The molecule has 0 heterocycles. The fraction of sp³-hybridized carbons (Fsp3) is 1.00. The van der Waals surface area contributed by atoms with Crippen LogP contribution in [0.4, 0.5) is 0 Å². The Morgan fingerprint density at radius 2 is 0.778 bits per heavy atom. The molecule has 27 heavy (non-hydrogen) atoms. The van der Waals surface area contributed by atoms with Crippen molar-refractivity contribution < 1.29 is 9.47 Å². The Morgan fingerprint density at radius 1 is 0.481 bits per heavy atom. The molecule has 0 aliphatic rings. The van der Waals surface area contributed by atoms with Crippen molar-refractivity contribution in [3.63, 3.8) is 0 Å². The van der Waals surface area contributed by atoms with Gasteiger partial charge in [-0.1, -0.05) is 104 Å². The van der Waals surface area contributed by atoms with Crippen LogP contribution in [0.5, 0.6) is 0 Å². The molecule has 3 heteroatoms. The summed E-state index contributed by atoms with van der Waals surface area (Å²) in [5.74, 6) is 0. The van der Waals surface area contributed by atoms with E-state index in [0.717, 1.165) is 13.2 Å². The van der Waals surface area contributed by atoms with Gasteiger partial charge in [-0.2, -0.15) is 0 Å². The van der Waals surface area contributed by atoms with E-state index < -0.39 is 0 Å². The lowest BCUT2D eigenvalue weighted by atomic mass is 10.1. The van der Waals surface area contributed by atoms with Crippen LogP contribution in [0.25, 0.3) is 0 Å². The van der Waals surface area contributed by atoms with Gasteiger partial charge in [-0.3, -0.25) is 5.32 Å². The van der Waals surface area contributed by atoms with Crippen LogP contribution in [-0.2, 0) is 9.47 Å². The van der Waals surface area contributed by atoms with E-state index >= 15 is 0 Å². The number of hydrogen-bond donors (Lipinski definition) is 1. The van der Waals surface area contributed by atoms with Crippen LogP contribution in [0.15, 0.2) is 0 Å². The Bertz CT molecular complexity index is 247. The van der Waals surface area contributed by atoms with Crippen molar-refractivity contribution >= 4 is 0 Å². The topological polar surface area (TPSA) is 30.5 Å². The highest BCUT2D eigenvalue weighted by Gasteiger charge is 2.07. The maximum atomic E-state index is 5.86. The van der Waals surface area contributed by atoms with Crippen molar-refractivity contribution in [2.75, 3.05) is 13.2 Å². The normalized spacial score (nSPS) is 13.8. The van der Waals surface area contributed by atoms with Gasteiger partial charge < -0.3 is 9.47 Å². The Balaban J connectivity index is 3.30. The molecule has 1 N–H and O–H groups in total. The summed E-state index contributed by atoms with van der Waals surface area (Å²) >= 11 is 0. The Labute approximate surface area is 171 Å². The fourth-order valence-electron chi connectivity index (χ4n) is 3.42. The monoisotopic (exact) mass is 385 g/mol. The van der Waals surface area contributed by atoms with Crippen LogP contribution in [0.3, 0.4) is 0 Å². The number of rotatable bonds is 22. The summed E-state index contributed by atoms with van der Waals surface area (Å²) in [6, 6.07) is 0. The van der Waals surface area contributed by atoms with Crippen molar-refractivity contribution in [1.82, 2.24) is 5.32 Å². The van der Waals surface area contributed by atoms with Gasteiger partial charge >= 0.3 is 0 Å². The first-order valence-corrected chi connectivity index (χ1v) is 12.2. The number of unbranched alkanes of at least 4 members (excludes halogenated alkanes) is 14. The molecule has 2 atom stereocenters. The largest absolute Gasteiger partial charge is 0.364 e. The lowest BCUT2D eigenvalue weighted by Gasteiger charge is -2.21. The Morgan fingerprint density at radius 3 is 1.11 bits per heavy atom. The molecule has 0 saturated carbocycles. The first-order valence-electron chi connectivity index (χ1n) is 12.2. The summed E-state index contributed by atoms with van der Waals surface area (Å²) < 4.78 is 11.7. The zero-order chi connectivity index (χ0) is 20.0. The summed E-state index contributed by atoms with van der Waals surface area (Å²) in [5, 5.41) is 3.39. The standard InChI is InChI=1S/C24H51NO2/c1-5-7-9-11-13-15-17-19-21-26-23(3)25-24(4)27-22-20-18-16-14-12-10-8-6-2/h23-25H,5-22H2,1-4H3. The van der Waals surface area contributed by atoms with Crippen LogP contribution in [-0.4, -0.2) is 25.7 Å². The fourth-order valence-corrected chi connectivity index (χ4v) is 3.42. The van der Waals surface area contributed by atoms with Crippen LogP contribution >= 0.6 is 0 Å². The van der Waals surface area contributed by atoms with E-state index in [9.17, 15) is 0 Å². The average molecular weight is 386 g/mol. The van der Waals surface area contributed by atoms with Gasteiger partial charge in [0.2, 0.25) is 0 Å². The summed E-state index contributed by atoms with van der Waals surface area (Å²) in [7, 11) is 0. The van der Waals surface area contributed by atoms with E-state index in [-0.39, 0.29) is 12.5 Å². The van der Waals surface area contributed by atoms with Gasteiger partial charge in [0.15, 0.2) is 0 Å². The van der Waals surface area contributed by atoms with Gasteiger partial charge in [-0.05, 0) is 26.7 Å². The molecule has 0 amide bonds. The molecule has 0 aromatic heterocycles. The SMILES string of the molecule is CCCCCCCCCCOC(C)NC(C)OCCCCCCCCCC. The predicted octanol–water partition coefficient (Wildman–Crippen LogP) is 7.58. The van der Waals surface area contributed by atoms with E-state index in [1.165, 1.54) is 103 Å². The molecule has 164 valence electrons. The molecule has 0 aliphatic carbocycles. The van der Waals surface area contributed by atoms with Crippen molar-refractivity contribution in [3.8, 4) is 0 Å². The molecule has 2 unspecified atom stereocenters. The molecule has 0 rings (SSSR count). The van der Waals surface area contributed by atoms with Crippen molar-refractivity contribution in [2.24, 2.45) is 0 Å². The lowest BCUT2D eigenvalue weighted by Crippen LogP contribution is -2.38. The van der Waals surface area contributed by atoms with Crippen molar-refractivity contribution in [2.45, 2.75) is 143 Å². The maximum Gasteiger partial charge on any atom is 0.107 e. The minimum absolute atomic E-state index is 0.0723. The number of hydrogen-bond acceptors (Lipinski definition) is 3. The van der Waals surface area contributed by atoms with Crippen LogP contribution < -0.4 is 5.32 Å². The van der Waals surface area contributed by atoms with E-state index in [2.05, 4.69) is 33.0 Å². The second-order valence-corrected chi connectivity index (χ2v) is 8.14. The van der Waals surface area contributed by atoms with Gasteiger partial charge in [0.25, 0.3) is 0 Å². The van der Waals surface area contributed by atoms with Crippen molar-refractivity contribution in [1.29, 1.82) is 0 Å². The van der Waals surface area contributed by atoms with Gasteiger partial charge in [0.1, 0.15) is 12.5 Å². The third kappa shape index (κ3) is 22.0. The smallest absolute Gasteiger partial charge is 0.107 e. The van der Waals surface area contributed by atoms with Gasteiger partial charge in [-0.25, -0.2) is 0 Å². The summed E-state index contributed by atoms with van der Waals surface area (Å²) in [6.07, 6.45) is 21.6. The first kappa shape index (κ1) is 26.9. The first-order chi connectivity index (χ1) is 13.2. The summed E-state index contributed by atoms with van der Waals surface area (Å²) in [5.41, 5.74) is 0. The van der Waals surface area contributed by atoms with E-state index in [1.807, 2.05) is 0 Å². The molecule has 0 aromatic rings. The third-order valence-corrected chi connectivity index (χ3v) is 5.20. The molecule has 0 aromatic carbocycles. The highest BCUT2D eigenvalue weighted by atomic mass is 16.5. The van der Waals surface area contributed by atoms with Crippen LogP contribution in [0.1, 0.15) is 130 Å². The molecule has 0 spiro atoms. The van der Waals surface area contributed by atoms with Crippen molar-refractivity contribution in [3.05, 3.63) is 0 Å². The molecule has 0 fully saturated rings. The van der Waals surface area contributed by atoms with Gasteiger partial charge in [-0.15, -0.1) is 0 Å². The maximum absolute atomic E-state index is 5.86. The van der Waals surface area contributed by atoms with E-state index in [4.69, 9.17) is 9.47 Å². The van der Waals surface area contributed by atoms with Gasteiger partial charge in [0, 0.05) is 13.2 Å². The molecule has 0 saturated heterocycles. The van der Waals surface area contributed by atoms with Gasteiger partial charge in [0.05, 0.1) is 0 Å². The summed E-state index contributed by atoms with van der Waals surface area (Å²) in [4.78, 5) is 0. The summed E-state index contributed by atoms with van der Waals surface area (Å²) in [6.45, 7) is 10.4. The quantitative estimate of drug-likeness (QED) is 0.154. The Hall–Kier alpha value is -0.120. The minimum Gasteiger partial charge on any atom is -0.364 e. The van der Waals surface area contributed by atoms with E-state index in [0.29, 0.717) is 0 Å². The third-order valence-electron chi connectivity index (χ3n) is 5.20. The molecular formula is C24H51NO2. The second kappa shape index (κ2) is 22.2. The molecule has 0 aliphatic heterocycles. The molecule has 0 bridgehead atoms. The van der Waals surface area contributed by atoms with E-state index in [1.54, 1.807) is 0 Å². The number of ether oxygens (including phenoxy) is 2. The minimum atomic E-state index is 0.0723. The molecule has 0 radical (unpaired) electrons. The Kier molecular flexibility index (Phi) is 22.1. The number of nitrogens with one attached hydrogen (secondary N) is 1. The molecular weight excluding hydrogens is 334 g/mol. The van der Waals surface area contributed by atoms with Crippen LogP contribution in [0.2, 0.25) is 0 Å². The highest BCUT2D eigenvalue weighted by Crippen LogP contribution is 2.10. The average Bonchev–Trinajstić information content (AvgIpc) is 2.65. The predicted molar refractivity (Wildman–Crippen MR) is 119 cm³/mol. The zero-order valence-corrected chi connectivity index (χ0v) is 19.2. The second-order valence-electron chi connectivity index (χ2n) is 8.14. The molecule has 3 nitrogen and oxygen atoms in total.